The number of amides is 1. The molecule has 208 valence electrons. The van der Waals surface area contributed by atoms with E-state index in [1.807, 2.05) is 30.3 Å². The number of nitrogens with one attached hydrogen (secondary N) is 1. The highest BCUT2D eigenvalue weighted by Gasteiger charge is 2.26. The van der Waals surface area contributed by atoms with Gasteiger partial charge in [0.2, 0.25) is 20.0 Å². The fourth-order valence-corrected chi connectivity index (χ4v) is 6.39. The second kappa shape index (κ2) is 12.6. The second-order valence-electron chi connectivity index (χ2n) is 8.86. The number of ether oxygens (including phenoxy) is 2. The van der Waals surface area contributed by atoms with Crippen LogP contribution in [0.1, 0.15) is 15.9 Å². The van der Waals surface area contributed by atoms with Gasteiger partial charge in [-0.2, -0.15) is 4.31 Å². The average Bonchev–Trinajstić information content (AvgIpc) is 2.94. The lowest BCUT2D eigenvalue weighted by molar-refractivity contribution is 0.0730. The Morgan fingerprint density at radius 2 is 1.56 bits per heavy atom. The fourth-order valence-electron chi connectivity index (χ4n) is 4.09. The Kier molecular flexibility index (Phi) is 9.23. The van der Waals surface area contributed by atoms with Gasteiger partial charge in [-0.25, -0.2) is 16.8 Å². The molecule has 0 unspecified atom stereocenters. The van der Waals surface area contributed by atoms with E-state index in [4.69, 9.17) is 9.47 Å². The first kappa shape index (κ1) is 28.6. The number of hydrogen-bond acceptors (Lipinski definition) is 7. The summed E-state index contributed by atoms with van der Waals surface area (Å²) in [4.78, 5) is 13.2. The lowest BCUT2D eigenvalue weighted by Gasteiger charge is -2.26. The molecule has 0 atom stereocenters. The van der Waals surface area contributed by atoms with Gasteiger partial charge >= 0.3 is 0 Å². The number of nitrogens with zero attached hydrogens (tertiary/aromatic N) is 2. The molecular weight excluding hydrogens is 542 g/mol. The molecule has 0 aromatic heterocycles. The van der Waals surface area contributed by atoms with Crippen molar-refractivity contribution in [1.29, 1.82) is 0 Å². The summed E-state index contributed by atoms with van der Waals surface area (Å²) in [6, 6.07) is 21.8. The lowest BCUT2D eigenvalue weighted by atomic mass is 10.1. The van der Waals surface area contributed by atoms with Crippen molar-refractivity contribution in [1.82, 2.24) is 9.62 Å². The van der Waals surface area contributed by atoms with Crippen LogP contribution in [0, 0.1) is 0 Å². The quantitative estimate of drug-likeness (QED) is 0.350. The maximum absolute atomic E-state index is 13.0. The zero-order valence-corrected chi connectivity index (χ0v) is 23.2. The lowest BCUT2D eigenvalue weighted by Crippen LogP contribution is -2.40. The average molecular weight is 574 g/mol. The molecular formula is C27H31N3O7S2. The van der Waals surface area contributed by atoms with Gasteiger partial charge in [0, 0.05) is 13.1 Å². The molecule has 1 heterocycles. The van der Waals surface area contributed by atoms with Crippen LogP contribution in [0.15, 0.2) is 83.8 Å². The predicted molar refractivity (Wildman–Crippen MR) is 148 cm³/mol. The van der Waals surface area contributed by atoms with Gasteiger partial charge in [0.25, 0.3) is 5.91 Å². The summed E-state index contributed by atoms with van der Waals surface area (Å²) in [5.74, 6) is 0.0135. The van der Waals surface area contributed by atoms with Crippen molar-refractivity contribution in [3.05, 3.63) is 90.0 Å². The number of sulfonamides is 2. The summed E-state index contributed by atoms with van der Waals surface area (Å²) in [6.45, 7) is 1.74. The molecule has 3 aromatic carbocycles. The van der Waals surface area contributed by atoms with Crippen molar-refractivity contribution >= 4 is 31.6 Å². The minimum absolute atomic E-state index is 0.0876. The highest BCUT2D eigenvalue weighted by Crippen LogP contribution is 2.25. The summed E-state index contributed by atoms with van der Waals surface area (Å²) in [5.41, 5.74) is 1.28. The predicted octanol–water partition coefficient (Wildman–Crippen LogP) is 2.48. The van der Waals surface area contributed by atoms with Gasteiger partial charge in [-0.15, -0.1) is 0 Å². The minimum atomic E-state index is -3.68. The molecule has 0 saturated carbocycles. The third-order valence-electron chi connectivity index (χ3n) is 6.07. The SMILES string of the molecule is CS(=O)(=O)N(Cc1ccccc1)c1ccccc1C(=O)NCCOc1ccc(S(=O)(=O)N2CCOCC2)cc1. The molecule has 0 aliphatic carbocycles. The third kappa shape index (κ3) is 7.35. The van der Waals surface area contributed by atoms with E-state index in [0.29, 0.717) is 32.1 Å². The van der Waals surface area contributed by atoms with E-state index in [9.17, 15) is 21.6 Å². The highest BCUT2D eigenvalue weighted by molar-refractivity contribution is 7.92. The Hall–Kier alpha value is -3.45. The number of morpholine rings is 1. The van der Waals surface area contributed by atoms with Gasteiger partial charge in [-0.3, -0.25) is 9.10 Å². The highest BCUT2D eigenvalue weighted by atomic mass is 32.2. The smallest absolute Gasteiger partial charge is 0.253 e. The van der Waals surface area contributed by atoms with Crippen LogP contribution in [0.2, 0.25) is 0 Å². The fraction of sp³-hybridized carbons (Fsp3) is 0.296. The minimum Gasteiger partial charge on any atom is -0.492 e. The molecule has 1 fully saturated rings. The molecule has 1 aliphatic rings. The Morgan fingerprint density at radius 3 is 2.23 bits per heavy atom. The first-order valence-corrected chi connectivity index (χ1v) is 15.6. The monoisotopic (exact) mass is 573 g/mol. The zero-order valence-electron chi connectivity index (χ0n) is 21.5. The molecule has 1 saturated heterocycles. The largest absolute Gasteiger partial charge is 0.492 e. The second-order valence-corrected chi connectivity index (χ2v) is 12.7. The maximum Gasteiger partial charge on any atom is 0.253 e. The summed E-state index contributed by atoms with van der Waals surface area (Å²) in [7, 11) is -7.27. The number of carbonyl (C=O) groups excluding carboxylic acids is 1. The van der Waals surface area contributed by atoms with E-state index >= 15 is 0 Å². The van der Waals surface area contributed by atoms with Crippen LogP contribution in [-0.4, -0.2) is 72.8 Å². The number of para-hydroxylation sites is 1. The van der Waals surface area contributed by atoms with E-state index in [2.05, 4.69) is 5.32 Å². The summed E-state index contributed by atoms with van der Waals surface area (Å²) in [5, 5.41) is 2.76. The molecule has 3 aromatic rings. The molecule has 1 N–H and O–H groups in total. The molecule has 39 heavy (non-hydrogen) atoms. The first-order valence-electron chi connectivity index (χ1n) is 12.4. The van der Waals surface area contributed by atoms with Gasteiger partial charge < -0.3 is 14.8 Å². The standard InChI is InChI=1S/C27H31N3O7S2/c1-38(32,33)30(21-22-7-3-2-4-8-22)26-10-6-5-9-25(26)27(31)28-15-18-37-23-11-13-24(14-12-23)39(34,35)29-16-19-36-20-17-29/h2-14H,15-21H2,1H3,(H,28,31). The Bertz CT molecular complexity index is 1470. The van der Waals surface area contributed by atoms with Crippen LogP contribution in [0.3, 0.4) is 0 Å². The molecule has 4 rings (SSSR count). The van der Waals surface area contributed by atoms with Crippen LogP contribution >= 0.6 is 0 Å². The van der Waals surface area contributed by atoms with Crippen molar-refractivity contribution in [2.75, 3.05) is 50.0 Å². The van der Waals surface area contributed by atoms with Crippen LogP contribution < -0.4 is 14.4 Å². The van der Waals surface area contributed by atoms with Crippen molar-refractivity contribution in [3.8, 4) is 5.75 Å². The summed E-state index contributed by atoms with van der Waals surface area (Å²) < 4.78 is 64.3. The van der Waals surface area contributed by atoms with E-state index in [1.54, 1.807) is 36.4 Å². The molecule has 0 spiro atoms. The molecule has 1 aliphatic heterocycles. The van der Waals surface area contributed by atoms with E-state index in [-0.39, 0.29) is 35.8 Å². The van der Waals surface area contributed by atoms with Crippen LogP contribution in [0.25, 0.3) is 0 Å². The Labute approximate surface area is 229 Å². The normalized spacial score (nSPS) is 14.5. The molecule has 12 heteroatoms. The molecule has 0 bridgehead atoms. The molecule has 10 nitrogen and oxygen atoms in total. The zero-order chi connectivity index (χ0) is 27.9. The van der Waals surface area contributed by atoms with E-state index in [1.165, 1.54) is 20.7 Å². The van der Waals surface area contributed by atoms with Crippen LogP contribution in [-0.2, 0) is 31.3 Å². The van der Waals surface area contributed by atoms with Crippen molar-refractivity contribution < 1.29 is 31.1 Å². The van der Waals surface area contributed by atoms with Gasteiger partial charge in [-0.1, -0.05) is 42.5 Å². The first-order chi connectivity index (χ1) is 18.7. The Morgan fingerprint density at radius 1 is 0.923 bits per heavy atom. The van der Waals surface area contributed by atoms with Crippen molar-refractivity contribution in [3.63, 3.8) is 0 Å². The van der Waals surface area contributed by atoms with Gasteiger partial charge in [-0.05, 0) is 42.0 Å². The number of benzene rings is 3. The number of carbonyl (C=O) groups is 1. The van der Waals surface area contributed by atoms with Gasteiger partial charge in [0.15, 0.2) is 0 Å². The molecule has 1 amide bonds. The molecule has 0 radical (unpaired) electrons. The Balaban J connectivity index is 1.36. The van der Waals surface area contributed by atoms with E-state index in [0.717, 1.165) is 11.8 Å². The van der Waals surface area contributed by atoms with Crippen molar-refractivity contribution in [2.45, 2.75) is 11.4 Å². The number of hydrogen-bond donors (Lipinski definition) is 1. The van der Waals surface area contributed by atoms with E-state index < -0.39 is 26.0 Å². The maximum atomic E-state index is 13.0. The number of rotatable bonds is 11. The van der Waals surface area contributed by atoms with Crippen LogP contribution in [0.4, 0.5) is 5.69 Å². The summed E-state index contributed by atoms with van der Waals surface area (Å²) in [6.07, 6.45) is 1.11. The van der Waals surface area contributed by atoms with Gasteiger partial charge in [0.1, 0.15) is 12.4 Å². The topological polar surface area (TPSA) is 122 Å². The third-order valence-corrected chi connectivity index (χ3v) is 9.11. The van der Waals surface area contributed by atoms with Crippen molar-refractivity contribution in [2.24, 2.45) is 0 Å². The number of anilines is 1. The van der Waals surface area contributed by atoms with Crippen LogP contribution in [0.5, 0.6) is 5.75 Å². The van der Waals surface area contributed by atoms with Gasteiger partial charge in [0.05, 0.1) is 48.7 Å². The summed E-state index contributed by atoms with van der Waals surface area (Å²) >= 11 is 0.